The number of aromatic nitrogens is 3. The van der Waals surface area contributed by atoms with E-state index in [2.05, 4.69) is 50.1 Å². The number of halogens is 1. The summed E-state index contributed by atoms with van der Waals surface area (Å²) >= 11 is 7.61. The van der Waals surface area contributed by atoms with Crippen LogP contribution in [-0.4, -0.2) is 32.0 Å². The van der Waals surface area contributed by atoms with Gasteiger partial charge in [-0.3, -0.25) is 4.79 Å². The summed E-state index contributed by atoms with van der Waals surface area (Å²) in [4.78, 5) is 12.3. The molecule has 0 saturated carbocycles. The normalized spacial score (nSPS) is 12.3. The largest absolute Gasteiger partial charge is 0.350 e. The standard InChI is InChI=1S/C19H27ClN4OS/c1-18(2,3)12-19(4,5)21-15(25)11-26-17-23-22-16(24(17)6)13-9-7-8-10-14(13)20/h7-10H,11-12H2,1-6H3,(H,21,25). The summed E-state index contributed by atoms with van der Waals surface area (Å²) < 4.78 is 1.86. The van der Waals surface area contributed by atoms with E-state index >= 15 is 0 Å². The number of benzene rings is 1. The van der Waals surface area contributed by atoms with Crippen LogP contribution in [0.15, 0.2) is 29.4 Å². The van der Waals surface area contributed by atoms with E-state index in [4.69, 9.17) is 11.6 Å². The third-order valence-corrected chi connectivity index (χ3v) is 5.08. The predicted molar refractivity (Wildman–Crippen MR) is 108 cm³/mol. The summed E-state index contributed by atoms with van der Waals surface area (Å²) in [6.07, 6.45) is 0.900. The number of amides is 1. The highest BCUT2D eigenvalue weighted by Crippen LogP contribution is 2.29. The Morgan fingerprint density at radius 3 is 2.46 bits per heavy atom. The van der Waals surface area contributed by atoms with Gasteiger partial charge < -0.3 is 9.88 Å². The maximum Gasteiger partial charge on any atom is 0.230 e. The second kappa shape index (κ2) is 8.01. The SMILES string of the molecule is Cn1c(SCC(=O)NC(C)(C)CC(C)(C)C)nnc1-c1ccccc1Cl. The highest BCUT2D eigenvalue weighted by atomic mass is 35.5. The van der Waals surface area contributed by atoms with Crippen molar-refractivity contribution in [3.05, 3.63) is 29.3 Å². The molecule has 0 radical (unpaired) electrons. The molecule has 1 aromatic heterocycles. The molecule has 0 fully saturated rings. The molecule has 1 N–H and O–H groups in total. The molecule has 0 spiro atoms. The molecule has 2 aromatic rings. The molecule has 5 nitrogen and oxygen atoms in total. The fourth-order valence-electron chi connectivity index (χ4n) is 3.23. The molecule has 1 heterocycles. The molecule has 0 bridgehead atoms. The predicted octanol–water partition coefficient (Wildman–Crippen LogP) is 4.56. The van der Waals surface area contributed by atoms with Gasteiger partial charge in [0.25, 0.3) is 0 Å². The van der Waals surface area contributed by atoms with Crippen LogP contribution in [-0.2, 0) is 11.8 Å². The molecule has 0 aliphatic carbocycles. The zero-order valence-electron chi connectivity index (χ0n) is 16.3. The molecule has 0 aliphatic rings. The summed E-state index contributed by atoms with van der Waals surface area (Å²) in [6, 6.07) is 7.51. The first-order valence-corrected chi connectivity index (χ1v) is 9.93. The first-order valence-electron chi connectivity index (χ1n) is 8.57. The second-order valence-electron chi connectivity index (χ2n) is 8.30. The van der Waals surface area contributed by atoms with E-state index in [1.165, 1.54) is 11.8 Å². The highest BCUT2D eigenvalue weighted by Gasteiger charge is 2.27. The van der Waals surface area contributed by atoms with Gasteiger partial charge in [0, 0.05) is 18.2 Å². The Morgan fingerprint density at radius 1 is 1.19 bits per heavy atom. The third-order valence-electron chi connectivity index (χ3n) is 3.73. The number of carbonyl (C=O) groups excluding carboxylic acids is 1. The Kier molecular flexibility index (Phi) is 6.40. The van der Waals surface area contributed by atoms with Gasteiger partial charge >= 0.3 is 0 Å². The number of hydrogen-bond donors (Lipinski definition) is 1. The average Bonchev–Trinajstić information content (AvgIpc) is 2.83. The molecule has 7 heteroatoms. The number of hydrogen-bond acceptors (Lipinski definition) is 4. The number of carbonyl (C=O) groups is 1. The highest BCUT2D eigenvalue weighted by molar-refractivity contribution is 7.99. The molecule has 2 rings (SSSR count). The molecular weight excluding hydrogens is 368 g/mol. The van der Waals surface area contributed by atoms with Crippen molar-refractivity contribution in [1.29, 1.82) is 0 Å². The summed E-state index contributed by atoms with van der Waals surface area (Å²) in [6.45, 7) is 10.6. The van der Waals surface area contributed by atoms with Crippen molar-refractivity contribution in [2.75, 3.05) is 5.75 Å². The van der Waals surface area contributed by atoms with E-state index in [0.29, 0.717) is 21.8 Å². The number of nitrogens with one attached hydrogen (secondary N) is 1. The fourth-order valence-corrected chi connectivity index (χ4v) is 4.16. The van der Waals surface area contributed by atoms with Crippen molar-refractivity contribution >= 4 is 29.3 Å². The van der Waals surface area contributed by atoms with Crippen molar-refractivity contribution in [2.45, 2.75) is 51.7 Å². The Balaban J connectivity index is 2.00. The van der Waals surface area contributed by atoms with Crippen molar-refractivity contribution in [3.8, 4) is 11.4 Å². The van der Waals surface area contributed by atoms with E-state index in [-0.39, 0.29) is 16.9 Å². The van der Waals surface area contributed by atoms with E-state index in [1.54, 1.807) is 0 Å². The Morgan fingerprint density at radius 2 is 1.85 bits per heavy atom. The zero-order valence-corrected chi connectivity index (χ0v) is 17.8. The summed E-state index contributed by atoms with van der Waals surface area (Å²) in [5.41, 5.74) is 0.724. The van der Waals surface area contributed by atoms with Crippen LogP contribution in [0, 0.1) is 5.41 Å². The first-order chi connectivity index (χ1) is 12.0. The van der Waals surface area contributed by atoms with Crippen LogP contribution in [0.1, 0.15) is 41.0 Å². The Hall–Kier alpha value is -1.53. The monoisotopic (exact) mass is 394 g/mol. The van der Waals surface area contributed by atoms with Crippen LogP contribution >= 0.6 is 23.4 Å². The minimum atomic E-state index is -0.251. The summed E-state index contributed by atoms with van der Waals surface area (Å²) in [7, 11) is 1.88. The molecule has 26 heavy (non-hydrogen) atoms. The summed E-state index contributed by atoms with van der Waals surface area (Å²) in [5, 5.41) is 12.8. The van der Waals surface area contributed by atoms with Gasteiger partial charge in [0.05, 0.1) is 10.8 Å². The topological polar surface area (TPSA) is 59.8 Å². The van der Waals surface area contributed by atoms with Crippen LogP contribution < -0.4 is 5.32 Å². The van der Waals surface area contributed by atoms with Crippen molar-refractivity contribution < 1.29 is 4.79 Å². The lowest BCUT2D eigenvalue weighted by Gasteiger charge is -2.33. The smallest absolute Gasteiger partial charge is 0.230 e. The second-order valence-corrected chi connectivity index (χ2v) is 9.65. The van der Waals surface area contributed by atoms with Gasteiger partial charge in [-0.25, -0.2) is 0 Å². The van der Waals surface area contributed by atoms with Gasteiger partial charge in [-0.15, -0.1) is 10.2 Å². The van der Waals surface area contributed by atoms with Crippen LogP contribution in [0.2, 0.25) is 5.02 Å². The minimum absolute atomic E-state index is 0.00783. The van der Waals surface area contributed by atoms with Gasteiger partial charge in [-0.05, 0) is 37.8 Å². The molecule has 0 atom stereocenters. The number of thioether (sulfide) groups is 1. The lowest BCUT2D eigenvalue weighted by atomic mass is 9.82. The third kappa shape index (κ3) is 5.74. The van der Waals surface area contributed by atoms with Crippen LogP contribution in [0.25, 0.3) is 11.4 Å². The summed E-state index contributed by atoms with van der Waals surface area (Å²) in [5.74, 6) is 0.973. The molecule has 0 saturated heterocycles. The fraction of sp³-hybridized carbons (Fsp3) is 0.526. The van der Waals surface area contributed by atoms with Gasteiger partial charge in [-0.2, -0.15) is 0 Å². The van der Waals surface area contributed by atoms with Gasteiger partial charge in [0.15, 0.2) is 11.0 Å². The maximum atomic E-state index is 12.3. The van der Waals surface area contributed by atoms with E-state index in [1.807, 2.05) is 35.9 Å². The lowest BCUT2D eigenvalue weighted by Crippen LogP contribution is -2.46. The molecule has 142 valence electrons. The van der Waals surface area contributed by atoms with Crippen LogP contribution in [0.4, 0.5) is 0 Å². The van der Waals surface area contributed by atoms with Gasteiger partial charge in [-0.1, -0.05) is 56.3 Å². The van der Waals surface area contributed by atoms with Crippen molar-refractivity contribution in [2.24, 2.45) is 12.5 Å². The van der Waals surface area contributed by atoms with E-state index in [9.17, 15) is 4.79 Å². The van der Waals surface area contributed by atoms with E-state index in [0.717, 1.165) is 12.0 Å². The first kappa shape index (κ1) is 20.8. The molecule has 1 amide bonds. The van der Waals surface area contributed by atoms with Crippen LogP contribution in [0.3, 0.4) is 0 Å². The van der Waals surface area contributed by atoms with Gasteiger partial charge in [0.2, 0.25) is 5.91 Å². The average molecular weight is 395 g/mol. The quantitative estimate of drug-likeness (QED) is 0.729. The van der Waals surface area contributed by atoms with Gasteiger partial charge in [0.1, 0.15) is 0 Å². The van der Waals surface area contributed by atoms with E-state index < -0.39 is 0 Å². The minimum Gasteiger partial charge on any atom is -0.350 e. The molecule has 0 unspecified atom stereocenters. The van der Waals surface area contributed by atoms with Crippen molar-refractivity contribution in [1.82, 2.24) is 20.1 Å². The Labute approximate surface area is 164 Å². The molecule has 0 aliphatic heterocycles. The lowest BCUT2D eigenvalue weighted by molar-refractivity contribution is -0.120. The maximum absolute atomic E-state index is 12.3. The molecule has 1 aromatic carbocycles. The Bertz CT molecular complexity index is 780. The van der Waals surface area contributed by atoms with Crippen molar-refractivity contribution in [3.63, 3.8) is 0 Å². The molecular formula is C19H27ClN4OS. The number of rotatable bonds is 6. The zero-order chi connectivity index (χ0) is 19.5. The van der Waals surface area contributed by atoms with Crippen LogP contribution in [0.5, 0.6) is 0 Å². The number of nitrogens with zero attached hydrogens (tertiary/aromatic N) is 3.